The van der Waals surface area contributed by atoms with Crippen LogP contribution >= 0.6 is 0 Å². The number of aromatic carboxylic acids is 1. The van der Waals surface area contributed by atoms with Crippen LogP contribution < -0.4 is 15.0 Å². The summed E-state index contributed by atoms with van der Waals surface area (Å²) in [6.45, 7) is 1.04. The lowest BCUT2D eigenvalue weighted by Crippen LogP contribution is -2.28. The molecule has 1 saturated heterocycles. The van der Waals surface area contributed by atoms with Crippen LogP contribution in [0.5, 0.6) is 5.75 Å². The number of amides is 2. The molecule has 1 aromatic rings. The molecule has 6 heteroatoms. The molecule has 2 amide bonds. The van der Waals surface area contributed by atoms with Crippen LogP contribution in [0.3, 0.4) is 0 Å². The van der Waals surface area contributed by atoms with E-state index in [1.165, 1.54) is 24.1 Å². The lowest BCUT2D eigenvalue weighted by Gasteiger charge is -2.18. The van der Waals surface area contributed by atoms with Crippen LogP contribution in [0.15, 0.2) is 18.2 Å². The van der Waals surface area contributed by atoms with Gasteiger partial charge in [0.15, 0.2) is 0 Å². The highest BCUT2D eigenvalue weighted by Crippen LogP contribution is 2.30. The molecule has 1 aromatic carbocycles. The number of nitrogens with zero attached hydrogens (tertiary/aromatic N) is 1. The first-order valence-corrected chi connectivity index (χ1v) is 5.10. The maximum absolute atomic E-state index is 11.5. The second-order valence-electron chi connectivity index (χ2n) is 3.58. The first kappa shape index (κ1) is 11.3. The Hall–Kier alpha value is -2.24. The van der Waals surface area contributed by atoms with Crippen LogP contribution in [0.4, 0.5) is 10.5 Å². The number of ether oxygens (including phenoxy) is 1. The van der Waals surface area contributed by atoms with Crippen LogP contribution in [0, 0.1) is 0 Å². The third-order valence-corrected chi connectivity index (χ3v) is 2.57. The van der Waals surface area contributed by atoms with Crippen LogP contribution in [0.1, 0.15) is 10.4 Å². The number of benzene rings is 1. The molecule has 0 bridgehead atoms. The van der Waals surface area contributed by atoms with Crippen molar-refractivity contribution in [2.75, 3.05) is 25.1 Å². The third-order valence-electron chi connectivity index (χ3n) is 2.57. The molecule has 0 aromatic heterocycles. The van der Waals surface area contributed by atoms with Gasteiger partial charge in [-0.3, -0.25) is 4.90 Å². The molecule has 0 unspecified atom stereocenters. The number of methoxy groups -OCH3 is 1. The van der Waals surface area contributed by atoms with Crippen molar-refractivity contribution >= 4 is 17.7 Å². The Bertz CT molecular complexity index is 473. The Kier molecular flexibility index (Phi) is 2.86. The number of hydrogen-bond donors (Lipinski definition) is 2. The molecule has 0 spiro atoms. The number of carbonyl (C=O) groups excluding carboxylic acids is 1. The Balaban J connectivity index is 2.45. The molecule has 2 N–H and O–H groups in total. The van der Waals surface area contributed by atoms with Crippen molar-refractivity contribution in [3.8, 4) is 5.75 Å². The second-order valence-corrected chi connectivity index (χ2v) is 3.58. The van der Waals surface area contributed by atoms with E-state index in [9.17, 15) is 9.59 Å². The molecule has 90 valence electrons. The summed E-state index contributed by atoms with van der Waals surface area (Å²) in [6.07, 6.45) is 0. The van der Waals surface area contributed by atoms with Gasteiger partial charge in [0, 0.05) is 13.1 Å². The van der Waals surface area contributed by atoms with Crippen molar-refractivity contribution in [3.05, 3.63) is 23.8 Å². The summed E-state index contributed by atoms with van der Waals surface area (Å²) in [5, 5.41) is 11.6. The average Bonchev–Trinajstić information content (AvgIpc) is 2.74. The number of hydrogen-bond acceptors (Lipinski definition) is 3. The Labute approximate surface area is 97.8 Å². The molecule has 6 nitrogen and oxygen atoms in total. The van der Waals surface area contributed by atoms with Gasteiger partial charge in [-0.05, 0) is 18.2 Å². The first-order chi connectivity index (χ1) is 8.13. The zero-order chi connectivity index (χ0) is 12.4. The van der Waals surface area contributed by atoms with E-state index in [2.05, 4.69) is 5.32 Å². The van der Waals surface area contributed by atoms with Gasteiger partial charge in [0.05, 0.1) is 18.4 Å². The molecule has 0 aliphatic carbocycles. The van der Waals surface area contributed by atoms with E-state index in [1.54, 1.807) is 6.07 Å². The molecule has 0 saturated carbocycles. The summed E-state index contributed by atoms with van der Waals surface area (Å²) >= 11 is 0. The summed E-state index contributed by atoms with van der Waals surface area (Å²) in [7, 11) is 1.48. The number of carboxylic acids is 1. The zero-order valence-electron chi connectivity index (χ0n) is 9.27. The summed E-state index contributed by atoms with van der Waals surface area (Å²) in [4.78, 5) is 23.9. The van der Waals surface area contributed by atoms with Gasteiger partial charge < -0.3 is 15.2 Å². The van der Waals surface area contributed by atoms with E-state index in [0.717, 1.165) is 0 Å². The first-order valence-electron chi connectivity index (χ1n) is 5.10. The molecule has 17 heavy (non-hydrogen) atoms. The summed E-state index contributed by atoms with van der Waals surface area (Å²) in [6, 6.07) is 4.18. The van der Waals surface area contributed by atoms with Gasteiger partial charge >= 0.3 is 12.0 Å². The van der Waals surface area contributed by atoms with Crippen molar-refractivity contribution in [3.63, 3.8) is 0 Å². The van der Waals surface area contributed by atoms with Gasteiger partial charge in [-0.2, -0.15) is 0 Å². The summed E-state index contributed by atoms with van der Waals surface area (Å²) in [5.74, 6) is -0.555. The van der Waals surface area contributed by atoms with Gasteiger partial charge in [0.1, 0.15) is 5.75 Å². The maximum atomic E-state index is 11.5. The number of anilines is 1. The van der Waals surface area contributed by atoms with Crippen molar-refractivity contribution in [2.24, 2.45) is 0 Å². The molecule has 0 atom stereocenters. The Morgan fingerprint density at radius 3 is 2.82 bits per heavy atom. The van der Waals surface area contributed by atoms with Crippen molar-refractivity contribution in [1.29, 1.82) is 0 Å². The van der Waals surface area contributed by atoms with Gasteiger partial charge in [0.25, 0.3) is 0 Å². The monoisotopic (exact) mass is 236 g/mol. The fourth-order valence-corrected chi connectivity index (χ4v) is 1.74. The molecular formula is C11H12N2O4. The SMILES string of the molecule is COc1ccc(C(=O)O)cc1N1CCNC1=O. The summed E-state index contributed by atoms with van der Waals surface area (Å²) in [5.41, 5.74) is 0.600. The molecule has 1 aliphatic heterocycles. The van der Waals surface area contributed by atoms with Gasteiger partial charge in [0.2, 0.25) is 0 Å². The number of carbonyl (C=O) groups is 2. The smallest absolute Gasteiger partial charge is 0.335 e. The minimum Gasteiger partial charge on any atom is -0.495 e. The normalized spacial score (nSPS) is 14.6. The quantitative estimate of drug-likeness (QED) is 0.818. The van der Waals surface area contributed by atoms with E-state index in [4.69, 9.17) is 9.84 Å². The van der Waals surface area contributed by atoms with E-state index < -0.39 is 5.97 Å². The second kappa shape index (κ2) is 4.32. The number of urea groups is 1. The van der Waals surface area contributed by atoms with Gasteiger partial charge in [-0.1, -0.05) is 0 Å². The number of nitrogens with one attached hydrogen (secondary N) is 1. The van der Waals surface area contributed by atoms with E-state index >= 15 is 0 Å². The highest BCUT2D eigenvalue weighted by Gasteiger charge is 2.24. The van der Waals surface area contributed by atoms with E-state index in [0.29, 0.717) is 24.5 Å². The standard InChI is InChI=1S/C11H12N2O4/c1-17-9-3-2-7(10(14)15)6-8(9)13-5-4-12-11(13)16/h2-3,6H,4-5H2,1H3,(H,12,16)(H,14,15). The topological polar surface area (TPSA) is 78.9 Å². The lowest BCUT2D eigenvalue weighted by atomic mass is 10.1. The largest absolute Gasteiger partial charge is 0.495 e. The predicted octanol–water partition coefficient (Wildman–Crippen LogP) is 0.923. The number of rotatable bonds is 3. The molecule has 1 aliphatic rings. The molecule has 0 radical (unpaired) electrons. The fourth-order valence-electron chi connectivity index (χ4n) is 1.74. The summed E-state index contributed by atoms with van der Waals surface area (Å²) < 4.78 is 5.13. The van der Waals surface area contributed by atoms with Crippen LogP contribution in [-0.2, 0) is 0 Å². The van der Waals surface area contributed by atoms with Crippen molar-refractivity contribution in [2.45, 2.75) is 0 Å². The molecule has 1 heterocycles. The predicted molar refractivity (Wildman–Crippen MR) is 60.7 cm³/mol. The maximum Gasteiger partial charge on any atom is 0.335 e. The highest BCUT2D eigenvalue weighted by molar-refractivity contribution is 5.97. The lowest BCUT2D eigenvalue weighted by molar-refractivity contribution is 0.0697. The van der Waals surface area contributed by atoms with Crippen LogP contribution in [0.25, 0.3) is 0 Å². The number of carboxylic acid groups (broad SMARTS) is 1. The van der Waals surface area contributed by atoms with Crippen LogP contribution in [0.2, 0.25) is 0 Å². The highest BCUT2D eigenvalue weighted by atomic mass is 16.5. The molecular weight excluding hydrogens is 224 g/mol. The minimum absolute atomic E-state index is 0.125. The van der Waals surface area contributed by atoms with Crippen molar-refractivity contribution in [1.82, 2.24) is 5.32 Å². The Morgan fingerprint density at radius 2 is 2.29 bits per heavy atom. The molecule has 1 fully saturated rings. The zero-order valence-corrected chi connectivity index (χ0v) is 9.27. The Morgan fingerprint density at radius 1 is 1.53 bits per heavy atom. The minimum atomic E-state index is -1.03. The van der Waals surface area contributed by atoms with E-state index in [1.807, 2.05) is 0 Å². The molecule has 2 rings (SSSR count). The van der Waals surface area contributed by atoms with Crippen LogP contribution in [-0.4, -0.2) is 37.3 Å². The van der Waals surface area contributed by atoms with Crippen molar-refractivity contribution < 1.29 is 19.4 Å². The van der Waals surface area contributed by atoms with Gasteiger partial charge in [-0.15, -0.1) is 0 Å². The average molecular weight is 236 g/mol. The third kappa shape index (κ3) is 2.01. The van der Waals surface area contributed by atoms with Gasteiger partial charge in [-0.25, -0.2) is 9.59 Å². The van der Waals surface area contributed by atoms with E-state index in [-0.39, 0.29) is 11.6 Å². The fraction of sp³-hybridized carbons (Fsp3) is 0.273.